The lowest BCUT2D eigenvalue weighted by Gasteiger charge is -2.40. The van der Waals surface area contributed by atoms with Crippen LogP contribution in [0.3, 0.4) is 0 Å². The molecule has 1 saturated carbocycles. The summed E-state index contributed by atoms with van der Waals surface area (Å²) in [5.74, 6) is 1.24. The molecule has 3 saturated heterocycles. The maximum Gasteiger partial charge on any atom is 0.270 e. The van der Waals surface area contributed by atoms with E-state index in [1.165, 1.54) is 18.5 Å². The molecule has 3 aromatic heterocycles. The summed E-state index contributed by atoms with van der Waals surface area (Å²) in [5, 5.41) is 6.63. The number of hydrogen-bond acceptors (Lipinski definition) is 10. The summed E-state index contributed by atoms with van der Waals surface area (Å²) in [7, 11) is 3.57. The Morgan fingerprint density at radius 2 is 1.57 bits per heavy atom. The molecule has 3 aliphatic heterocycles. The molecule has 0 unspecified atom stereocenters. The number of nitrogens with zero attached hydrogens (tertiary/aromatic N) is 8. The number of rotatable bonds is 9. The van der Waals surface area contributed by atoms with E-state index in [9.17, 15) is 14.4 Å². The summed E-state index contributed by atoms with van der Waals surface area (Å²) >= 11 is 0. The molecule has 1 atom stereocenters. The molecule has 278 valence electrons. The molecular weight excluding hydrogens is 669 g/mol. The number of fused-ring (bicyclic) bond motifs is 1. The molecule has 1 aliphatic carbocycles. The zero-order valence-corrected chi connectivity index (χ0v) is 30.8. The molecule has 4 aliphatic rings. The van der Waals surface area contributed by atoms with Crippen LogP contribution in [0, 0.1) is 5.92 Å². The molecule has 0 bridgehead atoms. The van der Waals surface area contributed by atoms with Crippen LogP contribution in [-0.2, 0) is 9.59 Å². The van der Waals surface area contributed by atoms with Crippen LogP contribution in [0.5, 0.6) is 0 Å². The standard InChI is InChI=1S/C40H50N10O3/c1-46(2)39(53)34-23-29-24-42-40(45-37(29)50(34)31-5-3-4-6-31)43-35-13-11-32(25-41-35)49-21-19-47(20-22-49)26-27-15-17-48(18-16-27)30-9-7-28(8-10-30)33-12-14-36(51)44-38(33)52/h7-11,13,23-25,27,31,33H,3-6,12,14-22,26H2,1-2H3,(H,44,51,52)(H,41,42,43,45)/t33-/m0/s1. The summed E-state index contributed by atoms with van der Waals surface area (Å²) in [6, 6.07) is 14.7. The number of carbonyl (C=O) groups excluding carboxylic acids is 3. The van der Waals surface area contributed by atoms with E-state index in [0.717, 1.165) is 93.8 Å². The van der Waals surface area contributed by atoms with Crippen molar-refractivity contribution in [3.05, 3.63) is 66.1 Å². The predicted molar refractivity (Wildman–Crippen MR) is 206 cm³/mol. The summed E-state index contributed by atoms with van der Waals surface area (Å²) < 4.78 is 2.13. The Bertz CT molecular complexity index is 1940. The third-order valence-corrected chi connectivity index (χ3v) is 11.6. The molecule has 3 amide bonds. The molecule has 0 spiro atoms. The van der Waals surface area contributed by atoms with Gasteiger partial charge in [0.1, 0.15) is 17.2 Å². The van der Waals surface area contributed by atoms with Gasteiger partial charge >= 0.3 is 0 Å². The van der Waals surface area contributed by atoms with E-state index >= 15 is 0 Å². The zero-order valence-electron chi connectivity index (χ0n) is 30.8. The van der Waals surface area contributed by atoms with Crippen LogP contribution in [0.4, 0.5) is 23.1 Å². The summed E-state index contributed by atoms with van der Waals surface area (Å²) in [6.07, 6.45) is 11.5. The molecule has 2 N–H and O–H groups in total. The third kappa shape index (κ3) is 7.57. The van der Waals surface area contributed by atoms with Crippen LogP contribution in [0.25, 0.3) is 11.0 Å². The quantitative estimate of drug-likeness (QED) is 0.230. The molecule has 4 aromatic rings. The van der Waals surface area contributed by atoms with Gasteiger partial charge in [-0.25, -0.2) is 9.97 Å². The number of piperazine rings is 1. The van der Waals surface area contributed by atoms with Gasteiger partial charge in [0.2, 0.25) is 17.8 Å². The number of anilines is 4. The Morgan fingerprint density at radius 3 is 2.25 bits per heavy atom. The van der Waals surface area contributed by atoms with Crippen molar-refractivity contribution in [1.82, 2.24) is 34.6 Å². The van der Waals surface area contributed by atoms with Gasteiger partial charge in [0.05, 0.1) is 17.8 Å². The average molecular weight is 719 g/mol. The Kier molecular flexibility index (Phi) is 10.00. The molecule has 0 radical (unpaired) electrons. The molecule has 13 heteroatoms. The van der Waals surface area contributed by atoms with Crippen molar-refractivity contribution in [2.75, 3.05) is 75.0 Å². The lowest BCUT2D eigenvalue weighted by atomic mass is 9.90. The minimum absolute atomic E-state index is 0.0163. The van der Waals surface area contributed by atoms with Gasteiger partial charge in [0.15, 0.2) is 0 Å². The first-order chi connectivity index (χ1) is 25.8. The van der Waals surface area contributed by atoms with Gasteiger partial charge < -0.3 is 24.6 Å². The van der Waals surface area contributed by atoms with E-state index in [2.05, 4.69) is 65.2 Å². The first-order valence-corrected chi connectivity index (χ1v) is 19.3. The normalized spacial score (nSPS) is 20.6. The number of benzene rings is 1. The number of carbonyl (C=O) groups is 3. The fraction of sp³-hybridized carbons (Fsp3) is 0.500. The largest absolute Gasteiger partial charge is 0.372 e. The molecule has 53 heavy (non-hydrogen) atoms. The highest BCUT2D eigenvalue weighted by Crippen LogP contribution is 2.35. The predicted octanol–water partition coefficient (Wildman–Crippen LogP) is 4.95. The van der Waals surface area contributed by atoms with Crippen LogP contribution in [0.1, 0.15) is 79.4 Å². The second kappa shape index (κ2) is 15.1. The highest BCUT2D eigenvalue weighted by atomic mass is 16.2. The maximum atomic E-state index is 13.1. The van der Waals surface area contributed by atoms with Gasteiger partial charge in [0, 0.05) is 89.6 Å². The zero-order chi connectivity index (χ0) is 36.5. The van der Waals surface area contributed by atoms with E-state index in [-0.39, 0.29) is 29.7 Å². The van der Waals surface area contributed by atoms with E-state index < -0.39 is 0 Å². The second-order valence-electron chi connectivity index (χ2n) is 15.3. The smallest absolute Gasteiger partial charge is 0.270 e. The Hall–Kier alpha value is -5.04. The molecule has 13 nitrogen and oxygen atoms in total. The van der Waals surface area contributed by atoms with Crippen LogP contribution < -0.4 is 20.4 Å². The van der Waals surface area contributed by atoms with Crippen molar-refractivity contribution >= 4 is 51.9 Å². The monoisotopic (exact) mass is 718 g/mol. The van der Waals surface area contributed by atoms with Gasteiger partial charge in [-0.1, -0.05) is 25.0 Å². The number of nitrogens with one attached hydrogen (secondary N) is 2. The van der Waals surface area contributed by atoms with Gasteiger partial charge in [-0.05, 0) is 73.9 Å². The molecule has 6 heterocycles. The lowest BCUT2D eigenvalue weighted by Crippen LogP contribution is -2.49. The number of amides is 3. The van der Waals surface area contributed by atoms with Crippen molar-refractivity contribution in [1.29, 1.82) is 0 Å². The van der Waals surface area contributed by atoms with Crippen LogP contribution in [-0.4, -0.2) is 107 Å². The summed E-state index contributed by atoms with van der Waals surface area (Å²) in [4.78, 5) is 60.1. The van der Waals surface area contributed by atoms with Gasteiger partial charge in [-0.2, -0.15) is 4.98 Å². The lowest BCUT2D eigenvalue weighted by molar-refractivity contribution is -0.134. The minimum Gasteiger partial charge on any atom is -0.372 e. The SMILES string of the molecule is CN(C)C(=O)c1cc2cnc(Nc3ccc(N4CCN(CC5CCN(c6ccc([C@@H]7CCC(=O)NC7=O)cc6)CC5)CC4)cn3)nc2n1C1CCCC1. The first-order valence-electron chi connectivity index (χ1n) is 19.3. The Labute approximate surface area is 310 Å². The summed E-state index contributed by atoms with van der Waals surface area (Å²) in [5.41, 5.74) is 4.77. The number of pyridine rings is 1. The molecule has 1 aromatic carbocycles. The Morgan fingerprint density at radius 1 is 0.849 bits per heavy atom. The maximum absolute atomic E-state index is 13.1. The third-order valence-electron chi connectivity index (χ3n) is 11.6. The number of piperidine rings is 2. The minimum atomic E-state index is -0.236. The average Bonchev–Trinajstić information content (AvgIpc) is 3.84. The highest BCUT2D eigenvalue weighted by molar-refractivity contribution is 6.01. The van der Waals surface area contributed by atoms with Crippen molar-refractivity contribution in [3.8, 4) is 0 Å². The molecule has 4 fully saturated rings. The van der Waals surface area contributed by atoms with E-state index in [4.69, 9.17) is 9.97 Å². The number of aromatic nitrogens is 4. The van der Waals surface area contributed by atoms with Crippen LogP contribution in [0.2, 0.25) is 0 Å². The van der Waals surface area contributed by atoms with E-state index in [1.807, 2.05) is 18.3 Å². The van der Waals surface area contributed by atoms with Crippen molar-refractivity contribution in [2.45, 2.75) is 63.3 Å². The highest BCUT2D eigenvalue weighted by Gasteiger charge is 2.29. The fourth-order valence-corrected chi connectivity index (χ4v) is 8.61. The number of imide groups is 1. The second-order valence-corrected chi connectivity index (χ2v) is 15.3. The molecule has 8 rings (SSSR count). The molecular formula is C40H50N10O3. The van der Waals surface area contributed by atoms with Gasteiger partial charge in [0.25, 0.3) is 5.91 Å². The van der Waals surface area contributed by atoms with Crippen LogP contribution in [0.15, 0.2) is 54.9 Å². The van der Waals surface area contributed by atoms with Gasteiger partial charge in [-0.3, -0.25) is 24.6 Å². The fourth-order valence-electron chi connectivity index (χ4n) is 8.61. The van der Waals surface area contributed by atoms with Gasteiger partial charge in [-0.15, -0.1) is 0 Å². The summed E-state index contributed by atoms with van der Waals surface area (Å²) in [6.45, 7) is 7.23. The van der Waals surface area contributed by atoms with Crippen molar-refractivity contribution < 1.29 is 14.4 Å². The van der Waals surface area contributed by atoms with E-state index in [0.29, 0.717) is 36.2 Å². The van der Waals surface area contributed by atoms with Crippen molar-refractivity contribution in [2.24, 2.45) is 5.92 Å². The van der Waals surface area contributed by atoms with Crippen LogP contribution >= 0.6 is 0 Å². The van der Waals surface area contributed by atoms with Crippen molar-refractivity contribution in [3.63, 3.8) is 0 Å². The number of hydrogen-bond donors (Lipinski definition) is 2. The van der Waals surface area contributed by atoms with E-state index in [1.54, 1.807) is 25.2 Å². The Balaban J connectivity index is 0.815. The first kappa shape index (κ1) is 35.0. The topological polar surface area (TPSA) is 132 Å².